The molecule has 0 aromatic heterocycles. The molecule has 9 nitrogen and oxygen atoms in total. The van der Waals surface area contributed by atoms with Crippen LogP contribution in [0.25, 0.3) is 0 Å². The monoisotopic (exact) mass is 576 g/mol. The number of fused-ring (bicyclic) bond motifs is 5. The highest BCUT2D eigenvalue weighted by Gasteiger charge is 2.62. The molecule has 0 heterocycles. The second-order valence-electron chi connectivity index (χ2n) is 13.3. The van der Waals surface area contributed by atoms with Gasteiger partial charge in [-0.15, -0.1) is 0 Å². The van der Waals surface area contributed by atoms with E-state index < -0.39 is 33.0 Å². The lowest BCUT2D eigenvalue weighted by Crippen LogP contribution is -2.57. The Morgan fingerprint density at radius 2 is 1.79 bits per heavy atom. The van der Waals surface area contributed by atoms with Gasteiger partial charge in [-0.2, -0.15) is 0 Å². The van der Waals surface area contributed by atoms with Gasteiger partial charge in [0.05, 0.1) is 18.8 Å². The van der Waals surface area contributed by atoms with E-state index in [2.05, 4.69) is 33.8 Å². The molecule has 220 valence electrons. The van der Waals surface area contributed by atoms with Crippen molar-refractivity contribution in [2.45, 2.75) is 104 Å². The molecule has 0 bridgehead atoms. The maximum atomic E-state index is 11.7. The van der Waals surface area contributed by atoms with Crippen molar-refractivity contribution in [2.24, 2.45) is 46.3 Å². The Balaban J connectivity index is 1.56. The van der Waals surface area contributed by atoms with Crippen LogP contribution < -0.4 is 0 Å². The first-order valence-electron chi connectivity index (χ1n) is 14.2. The minimum atomic E-state index is -4.78. The minimum Gasteiger partial charge on any atom is -0.726 e. The molecule has 0 aromatic rings. The Morgan fingerprint density at radius 1 is 1.08 bits per heavy atom. The van der Waals surface area contributed by atoms with Gasteiger partial charge in [0.25, 0.3) is 0 Å². The highest BCUT2D eigenvalue weighted by molar-refractivity contribution is 7.81. The number of aliphatic hydroxyl groups excluding tert-OH is 1. The first-order chi connectivity index (χ1) is 17.5. The predicted octanol–water partition coefficient (Wildman–Crippen LogP) is 4.30. The Bertz CT molecular complexity index is 1100. The van der Waals surface area contributed by atoms with E-state index in [-0.39, 0.29) is 41.1 Å². The molecular formula is C27H44O9S2-2. The Labute approximate surface area is 228 Å². The van der Waals surface area contributed by atoms with Crippen molar-refractivity contribution < 1.29 is 39.4 Å². The van der Waals surface area contributed by atoms with E-state index in [9.17, 15) is 31.0 Å². The third-order valence-corrected chi connectivity index (χ3v) is 11.6. The Hall–Kier alpha value is -0.560. The van der Waals surface area contributed by atoms with Crippen molar-refractivity contribution in [3.8, 4) is 0 Å². The van der Waals surface area contributed by atoms with E-state index in [0.717, 1.165) is 44.1 Å². The van der Waals surface area contributed by atoms with Crippen LogP contribution in [0.2, 0.25) is 0 Å². The van der Waals surface area contributed by atoms with E-state index in [0.29, 0.717) is 37.5 Å². The summed E-state index contributed by atoms with van der Waals surface area (Å²) < 4.78 is 77.1. The van der Waals surface area contributed by atoms with Crippen LogP contribution in [-0.4, -0.2) is 49.9 Å². The number of hydrogen-bond donors (Lipinski definition) is 1. The van der Waals surface area contributed by atoms with Gasteiger partial charge in [-0.05, 0) is 97.7 Å². The van der Waals surface area contributed by atoms with Gasteiger partial charge in [0.2, 0.25) is 20.8 Å². The van der Waals surface area contributed by atoms with Crippen molar-refractivity contribution in [1.29, 1.82) is 0 Å². The van der Waals surface area contributed by atoms with Crippen molar-refractivity contribution in [2.75, 3.05) is 6.61 Å². The molecule has 4 aliphatic carbocycles. The van der Waals surface area contributed by atoms with E-state index in [4.69, 9.17) is 8.37 Å². The molecule has 0 saturated heterocycles. The molecule has 4 rings (SSSR count). The molecule has 0 aliphatic heterocycles. The number of hydrogen-bond acceptors (Lipinski definition) is 9. The summed E-state index contributed by atoms with van der Waals surface area (Å²) in [6.45, 7) is 8.61. The smallest absolute Gasteiger partial charge is 0.217 e. The summed E-state index contributed by atoms with van der Waals surface area (Å²) in [7, 11) is -9.55. The van der Waals surface area contributed by atoms with Gasteiger partial charge < -0.3 is 14.2 Å². The molecule has 1 N–H and O–H groups in total. The first-order valence-corrected chi connectivity index (χ1v) is 16.8. The minimum absolute atomic E-state index is 0.0294. The average Bonchev–Trinajstić information content (AvgIpc) is 3.10. The molecule has 11 heteroatoms. The molecule has 3 fully saturated rings. The second kappa shape index (κ2) is 11.0. The molecule has 0 radical (unpaired) electrons. The molecule has 0 aromatic carbocycles. The standard InChI is InChI=1S/C27H46O9S2/c1-17(2)6-5-7-18(16-35-37(29,30)31)22-10-11-23-21-9-8-19-14-20(36-38(32,33)34)12-13-26(19,3)25(21)24(28)15-27(22,23)4/h8,17-18,20-25,28H,5-7,9-16H2,1-4H3,(H,29,30,31)(H,32,33,34)/p-2/t18-,20?,21-,22+,23-,24?,25+,26-,27+/m0/s1. The van der Waals surface area contributed by atoms with Gasteiger partial charge in [-0.1, -0.05) is 52.2 Å². The van der Waals surface area contributed by atoms with E-state index in [1.165, 1.54) is 0 Å². The fourth-order valence-corrected chi connectivity index (χ4v) is 10.0. The number of aliphatic hydroxyl groups is 1. The van der Waals surface area contributed by atoms with Crippen molar-refractivity contribution >= 4 is 20.8 Å². The van der Waals surface area contributed by atoms with Crippen LogP contribution in [0.5, 0.6) is 0 Å². The Kier molecular flexibility index (Phi) is 8.82. The summed E-state index contributed by atoms with van der Waals surface area (Å²) in [5, 5.41) is 11.7. The largest absolute Gasteiger partial charge is 0.726 e. The van der Waals surface area contributed by atoms with Gasteiger partial charge >= 0.3 is 0 Å². The normalized spacial score (nSPS) is 40.3. The molecule has 2 unspecified atom stereocenters. The fraction of sp³-hybridized carbons (Fsp3) is 0.926. The summed E-state index contributed by atoms with van der Waals surface area (Å²) in [6, 6.07) is 0. The maximum Gasteiger partial charge on any atom is 0.217 e. The van der Waals surface area contributed by atoms with Crippen LogP contribution in [0.15, 0.2) is 11.6 Å². The summed E-state index contributed by atoms with van der Waals surface area (Å²) in [4.78, 5) is 0. The molecule has 0 amide bonds. The van der Waals surface area contributed by atoms with Crippen LogP contribution in [0.4, 0.5) is 0 Å². The predicted molar refractivity (Wildman–Crippen MR) is 139 cm³/mol. The van der Waals surface area contributed by atoms with Crippen LogP contribution in [0.1, 0.15) is 91.9 Å². The second-order valence-corrected chi connectivity index (χ2v) is 15.3. The SMILES string of the molecule is CC(C)CCC[C@@H](COS(=O)(=O)[O-])[C@H]1CC[C@H]2[C@@H]3CC=C4CC(OS(=O)(=O)[O-])CC[C@]4(C)[C@H]3C(O)C[C@]12C. The molecule has 0 spiro atoms. The van der Waals surface area contributed by atoms with Crippen molar-refractivity contribution in [1.82, 2.24) is 0 Å². The topological polar surface area (TPSA) is 153 Å². The lowest BCUT2D eigenvalue weighted by molar-refractivity contribution is -0.131. The summed E-state index contributed by atoms with van der Waals surface area (Å²) in [5.41, 5.74) is 0.596. The van der Waals surface area contributed by atoms with Gasteiger partial charge in [-0.25, -0.2) is 16.8 Å². The number of allylic oxidation sites excluding steroid dienone is 1. The van der Waals surface area contributed by atoms with Gasteiger partial charge in [0.1, 0.15) is 0 Å². The van der Waals surface area contributed by atoms with Crippen LogP contribution >= 0.6 is 0 Å². The van der Waals surface area contributed by atoms with Crippen LogP contribution in [-0.2, 0) is 29.2 Å². The summed E-state index contributed by atoms with van der Waals surface area (Å²) >= 11 is 0. The molecule has 4 aliphatic rings. The average molecular weight is 577 g/mol. The van der Waals surface area contributed by atoms with Gasteiger partial charge in [-0.3, -0.25) is 8.37 Å². The zero-order valence-electron chi connectivity index (χ0n) is 23.0. The fourth-order valence-electron chi connectivity index (χ4n) is 9.18. The third-order valence-electron chi connectivity index (χ3n) is 10.7. The van der Waals surface area contributed by atoms with E-state index in [1.807, 2.05) is 0 Å². The summed E-state index contributed by atoms with van der Waals surface area (Å²) in [5.74, 6) is 1.25. The molecule has 3 saturated carbocycles. The zero-order valence-corrected chi connectivity index (χ0v) is 24.6. The van der Waals surface area contributed by atoms with E-state index >= 15 is 0 Å². The third kappa shape index (κ3) is 6.34. The zero-order chi connectivity index (χ0) is 28.1. The Morgan fingerprint density at radius 3 is 2.42 bits per heavy atom. The van der Waals surface area contributed by atoms with Crippen molar-refractivity contribution in [3.05, 3.63) is 11.6 Å². The highest BCUT2D eigenvalue weighted by atomic mass is 32.3. The molecular weight excluding hydrogens is 532 g/mol. The lowest BCUT2D eigenvalue weighted by atomic mass is 9.46. The van der Waals surface area contributed by atoms with E-state index in [1.54, 1.807) is 0 Å². The first kappa shape index (κ1) is 30.4. The van der Waals surface area contributed by atoms with Crippen molar-refractivity contribution in [3.63, 3.8) is 0 Å². The van der Waals surface area contributed by atoms with Gasteiger partial charge in [0.15, 0.2) is 0 Å². The molecule has 38 heavy (non-hydrogen) atoms. The maximum absolute atomic E-state index is 11.7. The van der Waals surface area contributed by atoms with Gasteiger partial charge in [0, 0.05) is 0 Å². The lowest BCUT2D eigenvalue weighted by Gasteiger charge is -2.60. The summed E-state index contributed by atoms with van der Waals surface area (Å²) in [6.07, 6.45) is 8.48. The van der Waals surface area contributed by atoms with Crippen LogP contribution in [0, 0.1) is 46.3 Å². The highest BCUT2D eigenvalue weighted by Crippen LogP contribution is 2.67. The number of rotatable bonds is 10. The molecule has 9 atom stereocenters. The quantitative estimate of drug-likeness (QED) is 0.228. The van der Waals surface area contributed by atoms with Crippen LogP contribution in [0.3, 0.4) is 0 Å².